The Morgan fingerprint density at radius 2 is 1.79 bits per heavy atom. The molecule has 0 saturated heterocycles. The highest BCUT2D eigenvalue weighted by Gasteiger charge is 2.17. The van der Waals surface area contributed by atoms with Gasteiger partial charge in [-0.1, -0.05) is 0 Å². The lowest BCUT2D eigenvalue weighted by molar-refractivity contribution is -0.140. The zero-order valence-electron chi connectivity index (χ0n) is 13.0. The Morgan fingerprint density at radius 1 is 1.08 bits per heavy atom. The first-order valence-corrected chi connectivity index (χ1v) is 7.00. The van der Waals surface area contributed by atoms with Gasteiger partial charge < -0.3 is 24.1 Å². The lowest BCUT2D eigenvalue weighted by atomic mass is 10.0. The fraction of sp³-hybridized carbons (Fsp3) is 0.176. The number of aromatic hydroxyl groups is 2. The molecule has 0 radical (unpaired) electrons. The number of hydrogen-bond donors (Lipinski definition) is 2. The number of benzene rings is 2. The fourth-order valence-corrected chi connectivity index (χ4v) is 2.62. The second kappa shape index (κ2) is 5.77. The quantitative estimate of drug-likeness (QED) is 0.559. The Balaban J connectivity index is 2.33. The molecule has 7 heteroatoms. The predicted molar refractivity (Wildman–Crippen MR) is 85.6 cm³/mol. The van der Waals surface area contributed by atoms with Crippen molar-refractivity contribution in [2.45, 2.75) is 6.42 Å². The maximum atomic E-state index is 12.2. The maximum absolute atomic E-state index is 12.2. The van der Waals surface area contributed by atoms with Gasteiger partial charge in [-0.05, 0) is 29.0 Å². The number of methoxy groups -OCH3 is 2. The summed E-state index contributed by atoms with van der Waals surface area (Å²) >= 11 is 0. The number of carbonyl (C=O) groups excluding carboxylic acids is 1. The largest absolute Gasteiger partial charge is 0.507 e. The van der Waals surface area contributed by atoms with Gasteiger partial charge in [0.25, 0.3) is 0 Å². The average molecular weight is 330 g/mol. The molecule has 124 valence electrons. The van der Waals surface area contributed by atoms with Crippen LogP contribution in [-0.2, 0) is 16.0 Å². The van der Waals surface area contributed by atoms with E-state index in [9.17, 15) is 19.8 Å². The standard InChI is InChI=1S/C17H14O7/c1-22-10-4-8-3-9-5-11(7-13(19)23-2)24-17(21)15(9)16(20)14(8)12(18)6-10/h3-6,18,20H,7H2,1-2H3. The summed E-state index contributed by atoms with van der Waals surface area (Å²) in [5.41, 5.74) is -0.805. The molecule has 3 rings (SSSR count). The SMILES string of the molecule is COC(=O)Cc1cc2cc3cc(OC)cc(O)c3c(O)c2c(=O)o1. The first-order chi connectivity index (χ1) is 11.4. The molecule has 7 nitrogen and oxygen atoms in total. The Labute approximate surface area is 135 Å². The van der Waals surface area contributed by atoms with Gasteiger partial charge >= 0.3 is 11.6 Å². The van der Waals surface area contributed by atoms with Crippen LogP contribution in [0.3, 0.4) is 0 Å². The smallest absolute Gasteiger partial charge is 0.347 e. The third-order valence-electron chi connectivity index (χ3n) is 3.72. The Morgan fingerprint density at radius 3 is 2.46 bits per heavy atom. The minimum absolute atomic E-state index is 0.0726. The first kappa shape index (κ1) is 15.7. The van der Waals surface area contributed by atoms with Gasteiger partial charge in [0.05, 0.1) is 19.6 Å². The van der Waals surface area contributed by atoms with E-state index in [1.165, 1.54) is 26.4 Å². The van der Waals surface area contributed by atoms with E-state index in [1.54, 1.807) is 12.1 Å². The van der Waals surface area contributed by atoms with E-state index in [0.29, 0.717) is 16.5 Å². The molecule has 0 amide bonds. The Bertz CT molecular complexity index is 1020. The lowest BCUT2D eigenvalue weighted by Gasteiger charge is -2.10. The van der Waals surface area contributed by atoms with Crippen molar-refractivity contribution in [3.05, 3.63) is 40.4 Å². The van der Waals surface area contributed by atoms with Gasteiger partial charge in [0, 0.05) is 6.07 Å². The molecule has 0 unspecified atom stereocenters. The van der Waals surface area contributed by atoms with E-state index in [0.717, 1.165) is 0 Å². The molecule has 0 atom stereocenters. The van der Waals surface area contributed by atoms with Crippen LogP contribution in [0.5, 0.6) is 17.2 Å². The number of phenols is 2. The molecular formula is C17H14O7. The molecule has 0 saturated carbocycles. The van der Waals surface area contributed by atoms with Crippen molar-refractivity contribution >= 4 is 27.5 Å². The molecule has 2 aromatic carbocycles. The van der Waals surface area contributed by atoms with Gasteiger partial charge in [0.1, 0.15) is 34.8 Å². The van der Waals surface area contributed by atoms with Crippen LogP contribution in [0.1, 0.15) is 5.76 Å². The van der Waals surface area contributed by atoms with Crippen LogP contribution in [0, 0.1) is 0 Å². The van der Waals surface area contributed by atoms with Crippen molar-refractivity contribution in [3.8, 4) is 17.2 Å². The molecule has 2 N–H and O–H groups in total. The molecule has 0 aliphatic rings. The van der Waals surface area contributed by atoms with Gasteiger partial charge in [-0.3, -0.25) is 4.79 Å². The van der Waals surface area contributed by atoms with Gasteiger partial charge in [0.15, 0.2) is 0 Å². The number of fused-ring (bicyclic) bond motifs is 2. The molecule has 0 spiro atoms. The zero-order chi connectivity index (χ0) is 17.4. The zero-order valence-corrected chi connectivity index (χ0v) is 13.0. The summed E-state index contributed by atoms with van der Waals surface area (Å²) in [5.74, 6) is -0.647. The first-order valence-electron chi connectivity index (χ1n) is 7.00. The number of carbonyl (C=O) groups is 1. The number of ether oxygens (including phenoxy) is 2. The van der Waals surface area contributed by atoms with Crippen LogP contribution < -0.4 is 10.4 Å². The Hall–Kier alpha value is -3.22. The monoisotopic (exact) mass is 330 g/mol. The van der Waals surface area contributed by atoms with E-state index >= 15 is 0 Å². The van der Waals surface area contributed by atoms with Crippen LogP contribution in [0.15, 0.2) is 33.5 Å². The highest BCUT2D eigenvalue weighted by molar-refractivity contribution is 6.07. The van der Waals surface area contributed by atoms with Crippen molar-refractivity contribution in [1.29, 1.82) is 0 Å². The minimum Gasteiger partial charge on any atom is -0.507 e. The molecule has 0 aliphatic heterocycles. The van der Waals surface area contributed by atoms with Crippen LogP contribution >= 0.6 is 0 Å². The topological polar surface area (TPSA) is 106 Å². The summed E-state index contributed by atoms with van der Waals surface area (Å²) in [6, 6.07) is 6.03. The normalized spacial score (nSPS) is 10.9. The summed E-state index contributed by atoms with van der Waals surface area (Å²) in [7, 11) is 2.68. The van der Waals surface area contributed by atoms with Gasteiger partial charge in [0.2, 0.25) is 0 Å². The van der Waals surface area contributed by atoms with Gasteiger partial charge in [-0.2, -0.15) is 0 Å². The molecule has 0 aliphatic carbocycles. The van der Waals surface area contributed by atoms with Crippen LogP contribution in [0.25, 0.3) is 21.5 Å². The predicted octanol–water partition coefficient (Wildman–Crippen LogP) is 2.08. The second-order valence-corrected chi connectivity index (χ2v) is 5.19. The average Bonchev–Trinajstić information content (AvgIpc) is 2.53. The van der Waals surface area contributed by atoms with E-state index in [1.807, 2.05) is 0 Å². The third kappa shape index (κ3) is 2.50. The lowest BCUT2D eigenvalue weighted by Crippen LogP contribution is -2.08. The number of esters is 1. The fourth-order valence-electron chi connectivity index (χ4n) is 2.62. The van der Waals surface area contributed by atoms with Crippen LogP contribution in [0.2, 0.25) is 0 Å². The number of rotatable bonds is 3. The molecule has 3 aromatic rings. The molecular weight excluding hydrogens is 316 g/mol. The van der Waals surface area contributed by atoms with Crippen molar-refractivity contribution in [2.24, 2.45) is 0 Å². The summed E-state index contributed by atoms with van der Waals surface area (Å²) in [6.07, 6.45) is -0.205. The van der Waals surface area contributed by atoms with Crippen LogP contribution in [-0.4, -0.2) is 30.4 Å². The minimum atomic E-state index is -0.805. The van der Waals surface area contributed by atoms with Crippen molar-refractivity contribution < 1.29 is 28.9 Å². The maximum Gasteiger partial charge on any atom is 0.347 e. The highest BCUT2D eigenvalue weighted by Crippen LogP contribution is 2.40. The van der Waals surface area contributed by atoms with E-state index in [-0.39, 0.29) is 34.5 Å². The van der Waals surface area contributed by atoms with E-state index in [4.69, 9.17) is 9.15 Å². The van der Waals surface area contributed by atoms with Crippen molar-refractivity contribution in [3.63, 3.8) is 0 Å². The van der Waals surface area contributed by atoms with Crippen LogP contribution in [0.4, 0.5) is 0 Å². The molecule has 1 aromatic heterocycles. The van der Waals surface area contributed by atoms with E-state index in [2.05, 4.69) is 4.74 Å². The van der Waals surface area contributed by atoms with Gasteiger partial charge in [-0.15, -0.1) is 0 Å². The van der Waals surface area contributed by atoms with Gasteiger partial charge in [-0.25, -0.2) is 4.79 Å². The Kier molecular flexibility index (Phi) is 3.76. The number of hydrogen-bond acceptors (Lipinski definition) is 7. The third-order valence-corrected chi connectivity index (χ3v) is 3.72. The molecule has 0 bridgehead atoms. The summed E-state index contributed by atoms with van der Waals surface area (Å²) in [6.45, 7) is 0. The highest BCUT2D eigenvalue weighted by atomic mass is 16.5. The van der Waals surface area contributed by atoms with Crippen molar-refractivity contribution in [2.75, 3.05) is 14.2 Å². The summed E-state index contributed by atoms with van der Waals surface area (Å²) < 4.78 is 14.7. The molecule has 1 heterocycles. The summed E-state index contributed by atoms with van der Waals surface area (Å²) in [4.78, 5) is 23.5. The number of phenolic OH excluding ortho intramolecular Hbond substituents is 2. The van der Waals surface area contributed by atoms with E-state index < -0.39 is 11.6 Å². The molecule has 24 heavy (non-hydrogen) atoms. The second-order valence-electron chi connectivity index (χ2n) is 5.19. The molecule has 0 fully saturated rings. The van der Waals surface area contributed by atoms with Crippen molar-refractivity contribution in [1.82, 2.24) is 0 Å². The summed E-state index contributed by atoms with van der Waals surface area (Å²) in [5, 5.41) is 21.4.